The minimum Gasteiger partial charge on any atom is -0.484 e. The fourth-order valence-electron chi connectivity index (χ4n) is 3.52. The molecular weight excluding hydrogens is 340 g/mol. The van der Waals surface area contributed by atoms with Crippen LogP contribution in [0.1, 0.15) is 32.1 Å². The SMILES string of the molecule is O=C(COc1ccc(Cl)cc1)N1CCC(C(=O)N2CCCCC2)CC1. The summed E-state index contributed by atoms with van der Waals surface area (Å²) in [6.07, 6.45) is 4.96. The summed E-state index contributed by atoms with van der Waals surface area (Å²) in [6.45, 7) is 3.08. The molecule has 0 aromatic heterocycles. The number of benzene rings is 1. The molecule has 2 saturated heterocycles. The average Bonchev–Trinajstić information content (AvgIpc) is 2.67. The summed E-state index contributed by atoms with van der Waals surface area (Å²) in [5, 5.41) is 0.638. The van der Waals surface area contributed by atoms with Gasteiger partial charge >= 0.3 is 0 Å². The average molecular weight is 365 g/mol. The number of likely N-dealkylation sites (tertiary alicyclic amines) is 2. The molecule has 2 amide bonds. The monoisotopic (exact) mass is 364 g/mol. The number of ether oxygens (including phenoxy) is 1. The summed E-state index contributed by atoms with van der Waals surface area (Å²) < 4.78 is 5.52. The quantitative estimate of drug-likeness (QED) is 0.825. The molecule has 0 N–H and O–H groups in total. The predicted octanol–water partition coefficient (Wildman–Crippen LogP) is 2.97. The Kier molecular flexibility index (Phi) is 6.19. The second-order valence-corrected chi connectivity index (χ2v) is 7.22. The third-order valence-corrected chi connectivity index (χ3v) is 5.29. The first-order valence-corrected chi connectivity index (χ1v) is 9.46. The molecule has 6 heteroatoms. The van der Waals surface area contributed by atoms with Crippen LogP contribution in [0.3, 0.4) is 0 Å². The van der Waals surface area contributed by atoms with Crippen LogP contribution in [0.15, 0.2) is 24.3 Å². The van der Waals surface area contributed by atoms with Crippen molar-refractivity contribution in [3.8, 4) is 5.75 Å². The van der Waals surface area contributed by atoms with E-state index in [2.05, 4.69) is 0 Å². The van der Waals surface area contributed by atoms with E-state index in [0.29, 0.717) is 23.9 Å². The smallest absolute Gasteiger partial charge is 0.260 e. The van der Waals surface area contributed by atoms with Crippen molar-refractivity contribution in [3.05, 3.63) is 29.3 Å². The second kappa shape index (κ2) is 8.56. The van der Waals surface area contributed by atoms with E-state index in [0.717, 1.165) is 38.8 Å². The molecule has 0 spiro atoms. The van der Waals surface area contributed by atoms with Crippen molar-refractivity contribution < 1.29 is 14.3 Å². The normalized spacial score (nSPS) is 18.9. The van der Waals surface area contributed by atoms with Crippen molar-refractivity contribution in [2.75, 3.05) is 32.8 Å². The van der Waals surface area contributed by atoms with Gasteiger partial charge in [-0.25, -0.2) is 0 Å². The van der Waals surface area contributed by atoms with Gasteiger partial charge in [0.15, 0.2) is 6.61 Å². The number of carbonyl (C=O) groups is 2. The molecular formula is C19H25ClN2O3. The number of hydrogen-bond acceptors (Lipinski definition) is 3. The molecule has 0 radical (unpaired) electrons. The second-order valence-electron chi connectivity index (χ2n) is 6.78. The largest absolute Gasteiger partial charge is 0.484 e. The van der Waals surface area contributed by atoms with Gasteiger partial charge in [0, 0.05) is 37.1 Å². The third kappa shape index (κ3) is 4.88. The highest BCUT2D eigenvalue weighted by Gasteiger charge is 2.30. The van der Waals surface area contributed by atoms with Gasteiger partial charge in [-0.3, -0.25) is 9.59 Å². The van der Waals surface area contributed by atoms with Crippen molar-refractivity contribution in [2.45, 2.75) is 32.1 Å². The van der Waals surface area contributed by atoms with Gasteiger partial charge in [0.2, 0.25) is 5.91 Å². The van der Waals surface area contributed by atoms with E-state index < -0.39 is 0 Å². The lowest BCUT2D eigenvalue weighted by molar-refractivity contribution is -0.142. The molecule has 2 heterocycles. The molecule has 0 aliphatic carbocycles. The molecule has 0 saturated carbocycles. The van der Waals surface area contributed by atoms with Crippen molar-refractivity contribution in [2.24, 2.45) is 5.92 Å². The maximum Gasteiger partial charge on any atom is 0.260 e. The number of nitrogens with zero attached hydrogens (tertiary/aromatic N) is 2. The van der Waals surface area contributed by atoms with E-state index >= 15 is 0 Å². The zero-order valence-corrected chi connectivity index (χ0v) is 15.2. The van der Waals surface area contributed by atoms with E-state index in [1.165, 1.54) is 6.42 Å². The van der Waals surface area contributed by atoms with E-state index in [-0.39, 0.29) is 24.3 Å². The fourth-order valence-corrected chi connectivity index (χ4v) is 3.64. The maximum atomic E-state index is 12.6. The molecule has 1 aromatic rings. The van der Waals surface area contributed by atoms with Crippen LogP contribution in [0.25, 0.3) is 0 Å². The molecule has 3 rings (SSSR count). The lowest BCUT2D eigenvalue weighted by Gasteiger charge is -2.35. The first kappa shape index (κ1) is 18.1. The summed E-state index contributed by atoms with van der Waals surface area (Å²) in [5.74, 6) is 0.954. The number of carbonyl (C=O) groups excluding carboxylic acids is 2. The third-order valence-electron chi connectivity index (χ3n) is 5.04. The summed E-state index contributed by atoms with van der Waals surface area (Å²) >= 11 is 5.83. The van der Waals surface area contributed by atoms with Gasteiger partial charge in [0.05, 0.1) is 0 Å². The minimum absolute atomic E-state index is 0.0202. The fraction of sp³-hybridized carbons (Fsp3) is 0.579. The summed E-state index contributed by atoms with van der Waals surface area (Å²) in [4.78, 5) is 28.7. The van der Waals surface area contributed by atoms with Crippen molar-refractivity contribution >= 4 is 23.4 Å². The topological polar surface area (TPSA) is 49.9 Å². The van der Waals surface area contributed by atoms with Crippen molar-refractivity contribution in [1.29, 1.82) is 0 Å². The molecule has 25 heavy (non-hydrogen) atoms. The molecule has 0 bridgehead atoms. The van der Waals surface area contributed by atoms with Crippen LogP contribution in [-0.2, 0) is 9.59 Å². The van der Waals surface area contributed by atoms with Gasteiger partial charge in [0.1, 0.15) is 5.75 Å². The van der Waals surface area contributed by atoms with E-state index in [1.54, 1.807) is 29.2 Å². The van der Waals surface area contributed by atoms with Crippen LogP contribution in [0.4, 0.5) is 0 Å². The Morgan fingerprint density at radius 1 is 0.960 bits per heavy atom. The number of hydrogen-bond donors (Lipinski definition) is 0. The van der Waals surface area contributed by atoms with Crippen molar-refractivity contribution in [3.63, 3.8) is 0 Å². The van der Waals surface area contributed by atoms with Gasteiger partial charge in [0.25, 0.3) is 5.91 Å². The molecule has 2 aliphatic rings. The maximum absolute atomic E-state index is 12.6. The van der Waals surface area contributed by atoms with Gasteiger partial charge in [-0.2, -0.15) is 0 Å². The van der Waals surface area contributed by atoms with Crippen LogP contribution in [0.2, 0.25) is 5.02 Å². The number of piperidine rings is 2. The first-order chi connectivity index (χ1) is 12.1. The Morgan fingerprint density at radius 2 is 1.60 bits per heavy atom. The molecule has 5 nitrogen and oxygen atoms in total. The molecule has 1 aromatic carbocycles. The molecule has 2 fully saturated rings. The zero-order valence-electron chi connectivity index (χ0n) is 14.5. The van der Waals surface area contributed by atoms with E-state index in [4.69, 9.17) is 16.3 Å². The summed E-state index contributed by atoms with van der Waals surface area (Å²) in [7, 11) is 0. The molecule has 136 valence electrons. The molecule has 0 unspecified atom stereocenters. The highest BCUT2D eigenvalue weighted by atomic mass is 35.5. The van der Waals surface area contributed by atoms with Crippen LogP contribution in [0.5, 0.6) is 5.75 Å². The molecule has 2 aliphatic heterocycles. The Bertz CT molecular complexity index is 591. The van der Waals surface area contributed by atoms with Gasteiger partial charge < -0.3 is 14.5 Å². The summed E-state index contributed by atoms with van der Waals surface area (Å²) in [6, 6.07) is 6.97. The predicted molar refractivity (Wildman–Crippen MR) is 96.7 cm³/mol. The van der Waals surface area contributed by atoms with Gasteiger partial charge in [-0.05, 0) is 56.4 Å². The van der Waals surface area contributed by atoms with Crippen LogP contribution in [0, 0.1) is 5.92 Å². The highest BCUT2D eigenvalue weighted by Crippen LogP contribution is 2.22. The Labute approximate surface area is 153 Å². The highest BCUT2D eigenvalue weighted by molar-refractivity contribution is 6.30. The van der Waals surface area contributed by atoms with Crippen molar-refractivity contribution in [1.82, 2.24) is 9.80 Å². The first-order valence-electron chi connectivity index (χ1n) is 9.08. The van der Waals surface area contributed by atoms with Gasteiger partial charge in [-0.15, -0.1) is 0 Å². The standard InChI is InChI=1S/C19H25ClN2O3/c20-16-4-6-17(7-5-16)25-14-18(23)21-12-8-15(9-13-21)19(24)22-10-2-1-3-11-22/h4-7,15H,1-3,8-14H2. The Balaban J connectivity index is 1.42. The lowest BCUT2D eigenvalue weighted by atomic mass is 9.94. The minimum atomic E-state index is -0.0289. The Hall–Kier alpha value is -1.75. The Morgan fingerprint density at radius 3 is 2.24 bits per heavy atom. The van der Waals surface area contributed by atoms with Crippen LogP contribution in [-0.4, -0.2) is 54.4 Å². The van der Waals surface area contributed by atoms with Crippen LogP contribution >= 0.6 is 11.6 Å². The number of halogens is 1. The lowest BCUT2D eigenvalue weighted by Crippen LogP contribution is -2.46. The number of rotatable bonds is 4. The van der Waals surface area contributed by atoms with Crippen LogP contribution < -0.4 is 4.74 Å². The van der Waals surface area contributed by atoms with E-state index in [9.17, 15) is 9.59 Å². The molecule has 0 atom stereocenters. The van der Waals surface area contributed by atoms with Gasteiger partial charge in [-0.1, -0.05) is 11.6 Å². The van der Waals surface area contributed by atoms with E-state index in [1.807, 2.05) is 4.90 Å². The summed E-state index contributed by atoms with van der Waals surface area (Å²) in [5.41, 5.74) is 0. The number of amides is 2. The zero-order chi connectivity index (χ0) is 17.6.